The Kier molecular flexibility index (Phi) is 7.23. The minimum atomic E-state index is -0.221. The molecule has 0 aliphatic rings. The molecule has 2 amide bonds. The van der Waals surface area contributed by atoms with Crippen LogP contribution in [0.2, 0.25) is 0 Å². The topological polar surface area (TPSA) is 96.2 Å². The molecule has 1 aromatic heterocycles. The first kappa shape index (κ1) is 20.0. The zero-order valence-electron chi connectivity index (χ0n) is 15.2. The van der Waals surface area contributed by atoms with Crippen molar-refractivity contribution < 1.29 is 14.7 Å². The second kappa shape index (κ2) is 9.40. The van der Waals surface area contributed by atoms with E-state index in [1.54, 1.807) is 4.57 Å². The van der Waals surface area contributed by atoms with Gasteiger partial charge in [0.25, 0.3) is 0 Å². The summed E-state index contributed by atoms with van der Waals surface area (Å²) >= 11 is 1.23. The normalized spacial score (nSPS) is 10.6. The molecule has 0 bridgehead atoms. The number of rotatable bonds is 8. The van der Waals surface area contributed by atoms with Crippen LogP contribution >= 0.6 is 11.8 Å². The number of anilines is 1. The van der Waals surface area contributed by atoms with Gasteiger partial charge in [-0.1, -0.05) is 23.9 Å². The van der Waals surface area contributed by atoms with Crippen LogP contribution in [0.1, 0.15) is 23.7 Å². The summed E-state index contributed by atoms with van der Waals surface area (Å²) in [5, 5.41) is 15.6. The van der Waals surface area contributed by atoms with Gasteiger partial charge in [0.2, 0.25) is 11.8 Å². The molecule has 3 N–H and O–H groups in total. The Bertz CT molecular complexity index is 789. The number of aryl methyl sites for hydroxylation is 2. The Morgan fingerprint density at radius 3 is 2.73 bits per heavy atom. The van der Waals surface area contributed by atoms with Crippen molar-refractivity contribution in [1.82, 2.24) is 14.9 Å². The number of aliphatic hydroxyl groups excluding tert-OH is 1. The molecule has 0 aliphatic heterocycles. The summed E-state index contributed by atoms with van der Waals surface area (Å²) in [6.07, 6.45) is 1.52. The number of carbonyl (C=O) groups excluding carboxylic acids is 2. The number of thioether (sulfide) groups is 1. The summed E-state index contributed by atoms with van der Waals surface area (Å²) < 4.78 is 1.63. The maximum atomic E-state index is 12.3. The first-order chi connectivity index (χ1) is 12.4. The second-order valence-corrected chi connectivity index (χ2v) is 6.83. The summed E-state index contributed by atoms with van der Waals surface area (Å²) in [5.74, 6) is -0.159. The van der Waals surface area contributed by atoms with Gasteiger partial charge in [-0.15, -0.1) is 0 Å². The average molecular weight is 376 g/mol. The summed E-state index contributed by atoms with van der Waals surface area (Å²) in [6.45, 7) is 6.12. The monoisotopic (exact) mass is 376 g/mol. The average Bonchev–Trinajstić information content (AvgIpc) is 2.98. The van der Waals surface area contributed by atoms with Crippen molar-refractivity contribution >= 4 is 29.3 Å². The van der Waals surface area contributed by atoms with Crippen LogP contribution in [0.25, 0.3) is 0 Å². The molecular weight excluding hydrogens is 352 g/mol. The van der Waals surface area contributed by atoms with E-state index < -0.39 is 0 Å². The van der Waals surface area contributed by atoms with Crippen LogP contribution in [-0.4, -0.2) is 38.8 Å². The first-order valence-corrected chi connectivity index (χ1v) is 9.35. The summed E-state index contributed by atoms with van der Waals surface area (Å²) in [4.78, 5) is 28.3. The highest BCUT2D eigenvalue weighted by Gasteiger charge is 2.15. The molecule has 0 radical (unpaired) electrons. The quantitative estimate of drug-likeness (QED) is 0.611. The Labute approximate surface area is 157 Å². The molecule has 7 nitrogen and oxygen atoms in total. The van der Waals surface area contributed by atoms with E-state index in [-0.39, 0.29) is 30.7 Å². The van der Waals surface area contributed by atoms with Crippen LogP contribution < -0.4 is 10.6 Å². The lowest BCUT2D eigenvalue weighted by atomic mass is 10.1. The molecule has 0 atom stereocenters. The molecule has 0 saturated carbocycles. The third kappa shape index (κ3) is 5.34. The summed E-state index contributed by atoms with van der Waals surface area (Å²) in [6, 6.07) is 5.89. The van der Waals surface area contributed by atoms with E-state index in [1.807, 2.05) is 39.0 Å². The maximum Gasteiger partial charge on any atom is 0.240 e. The zero-order valence-corrected chi connectivity index (χ0v) is 16.0. The standard InChI is InChI=1S/C18H24N4O3S/c1-4-19-16(24)9-22-14(10-23)8-20-18(22)26-11-17(25)21-15-7-12(2)5-6-13(15)3/h5-8,23H,4,9-11H2,1-3H3,(H,19,24)(H,21,25). The Morgan fingerprint density at radius 1 is 1.27 bits per heavy atom. The van der Waals surface area contributed by atoms with E-state index in [0.717, 1.165) is 16.8 Å². The van der Waals surface area contributed by atoms with Gasteiger partial charge in [-0.2, -0.15) is 0 Å². The van der Waals surface area contributed by atoms with Crippen LogP contribution in [0.15, 0.2) is 29.6 Å². The van der Waals surface area contributed by atoms with E-state index in [4.69, 9.17) is 0 Å². The van der Waals surface area contributed by atoms with Gasteiger partial charge >= 0.3 is 0 Å². The number of amides is 2. The number of benzene rings is 1. The van der Waals surface area contributed by atoms with E-state index >= 15 is 0 Å². The fourth-order valence-electron chi connectivity index (χ4n) is 2.39. The van der Waals surface area contributed by atoms with E-state index in [1.165, 1.54) is 18.0 Å². The van der Waals surface area contributed by atoms with Crippen molar-refractivity contribution in [1.29, 1.82) is 0 Å². The zero-order chi connectivity index (χ0) is 19.1. The molecule has 2 aromatic rings. The Balaban J connectivity index is 2.02. The fraction of sp³-hybridized carbons (Fsp3) is 0.389. The molecule has 2 rings (SSSR count). The molecule has 8 heteroatoms. The molecule has 1 heterocycles. The lowest BCUT2D eigenvalue weighted by Gasteiger charge is -2.11. The number of hydrogen-bond acceptors (Lipinski definition) is 5. The molecule has 0 spiro atoms. The lowest BCUT2D eigenvalue weighted by Crippen LogP contribution is -2.28. The third-order valence-corrected chi connectivity index (χ3v) is 4.73. The predicted octanol–water partition coefficient (Wildman–Crippen LogP) is 1.86. The third-order valence-electron chi connectivity index (χ3n) is 3.74. The molecule has 0 unspecified atom stereocenters. The van der Waals surface area contributed by atoms with Gasteiger partial charge in [0.15, 0.2) is 5.16 Å². The van der Waals surface area contributed by atoms with Crippen LogP contribution in [0.4, 0.5) is 5.69 Å². The van der Waals surface area contributed by atoms with Crippen LogP contribution in [-0.2, 0) is 22.7 Å². The van der Waals surface area contributed by atoms with Crippen molar-refractivity contribution in [3.63, 3.8) is 0 Å². The van der Waals surface area contributed by atoms with E-state index in [0.29, 0.717) is 17.4 Å². The van der Waals surface area contributed by atoms with E-state index in [2.05, 4.69) is 15.6 Å². The van der Waals surface area contributed by atoms with Gasteiger partial charge in [-0.05, 0) is 38.0 Å². The number of carbonyl (C=O) groups is 2. The number of imidazole rings is 1. The predicted molar refractivity (Wildman–Crippen MR) is 102 cm³/mol. The first-order valence-electron chi connectivity index (χ1n) is 8.36. The SMILES string of the molecule is CCNC(=O)Cn1c(CO)cnc1SCC(=O)Nc1cc(C)ccc1C. The number of likely N-dealkylation sites (N-methyl/N-ethyl adjacent to an activating group) is 1. The molecule has 0 saturated heterocycles. The lowest BCUT2D eigenvalue weighted by molar-refractivity contribution is -0.121. The highest BCUT2D eigenvalue weighted by Crippen LogP contribution is 2.21. The van der Waals surface area contributed by atoms with E-state index in [9.17, 15) is 14.7 Å². The molecule has 140 valence electrons. The van der Waals surface area contributed by atoms with Crippen molar-refractivity contribution in [3.8, 4) is 0 Å². The van der Waals surface area contributed by atoms with Crippen LogP contribution in [0, 0.1) is 13.8 Å². The number of nitrogens with one attached hydrogen (secondary N) is 2. The highest BCUT2D eigenvalue weighted by atomic mass is 32.2. The van der Waals surface area contributed by atoms with Gasteiger partial charge in [0.1, 0.15) is 6.54 Å². The summed E-state index contributed by atoms with van der Waals surface area (Å²) in [7, 11) is 0. The summed E-state index contributed by atoms with van der Waals surface area (Å²) in [5.41, 5.74) is 3.39. The minimum absolute atomic E-state index is 0.0602. The van der Waals surface area contributed by atoms with Crippen molar-refractivity contribution in [2.24, 2.45) is 0 Å². The van der Waals surface area contributed by atoms with Crippen LogP contribution in [0.3, 0.4) is 0 Å². The number of aliphatic hydroxyl groups is 1. The molecule has 26 heavy (non-hydrogen) atoms. The highest BCUT2D eigenvalue weighted by molar-refractivity contribution is 7.99. The van der Waals surface area contributed by atoms with Crippen molar-refractivity contribution in [2.45, 2.75) is 39.1 Å². The van der Waals surface area contributed by atoms with Crippen molar-refractivity contribution in [2.75, 3.05) is 17.6 Å². The molecule has 0 aliphatic carbocycles. The Morgan fingerprint density at radius 2 is 2.04 bits per heavy atom. The van der Waals surface area contributed by atoms with Crippen LogP contribution in [0.5, 0.6) is 0 Å². The molecule has 0 fully saturated rings. The van der Waals surface area contributed by atoms with Gasteiger partial charge in [-0.25, -0.2) is 4.98 Å². The maximum absolute atomic E-state index is 12.3. The van der Waals surface area contributed by atoms with Gasteiger partial charge in [0, 0.05) is 12.2 Å². The number of nitrogens with zero attached hydrogens (tertiary/aromatic N) is 2. The number of hydrogen-bond donors (Lipinski definition) is 3. The largest absolute Gasteiger partial charge is 0.390 e. The van der Waals surface area contributed by atoms with Gasteiger partial charge in [0.05, 0.1) is 24.3 Å². The van der Waals surface area contributed by atoms with Gasteiger partial charge in [-0.3, -0.25) is 9.59 Å². The van der Waals surface area contributed by atoms with Crippen molar-refractivity contribution in [3.05, 3.63) is 41.2 Å². The smallest absolute Gasteiger partial charge is 0.240 e. The Hall–Kier alpha value is -2.32. The fourth-order valence-corrected chi connectivity index (χ4v) is 3.18. The molecule has 1 aromatic carbocycles. The van der Waals surface area contributed by atoms with Gasteiger partial charge < -0.3 is 20.3 Å². The second-order valence-electron chi connectivity index (χ2n) is 5.89. The number of aromatic nitrogens is 2. The molecular formula is C18H24N4O3S. The minimum Gasteiger partial charge on any atom is -0.390 e.